The van der Waals surface area contributed by atoms with Gasteiger partial charge in [0.15, 0.2) is 0 Å². The van der Waals surface area contributed by atoms with Gasteiger partial charge in [0.25, 0.3) is 0 Å². The molecule has 0 saturated heterocycles. The van der Waals surface area contributed by atoms with Gasteiger partial charge in [-0.05, 0) is 36.8 Å². The van der Waals surface area contributed by atoms with Crippen LogP contribution in [0.2, 0.25) is 0 Å². The number of hydrogen-bond donors (Lipinski definition) is 1. The van der Waals surface area contributed by atoms with E-state index in [0.717, 1.165) is 16.9 Å². The van der Waals surface area contributed by atoms with Crippen molar-refractivity contribution in [3.05, 3.63) is 65.2 Å². The summed E-state index contributed by atoms with van der Waals surface area (Å²) in [5.74, 6) is 0.264. The van der Waals surface area contributed by atoms with Crippen molar-refractivity contribution in [2.75, 3.05) is 13.2 Å². The van der Waals surface area contributed by atoms with E-state index in [4.69, 9.17) is 9.47 Å². The number of hydrogen-bond acceptors (Lipinski definition) is 4. The van der Waals surface area contributed by atoms with E-state index >= 15 is 0 Å². The van der Waals surface area contributed by atoms with E-state index in [9.17, 15) is 9.59 Å². The highest BCUT2D eigenvalue weighted by Gasteiger charge is 2.07. The minimum absolute atomic E-state index is 0.0907. The summed E-state index contributed by atoms with van der Waals surface area (Å²) in [6.07, 6.45) is 0. The molecule has 126 valence electrons. The van der Waals surface area contributed by atoms with E-state index in [1.54, 1.807) is 24.3 Å². The molecule has 0 saturated carbocycles. The fourth-order valence-electron chi connectivity index (χ4n) is 2.00. The van der Waals surface area contributed by atoms with Gasteiger partial charge in [-0.25, -0.2) is 4.79 Å². The summed E-state index contributed by atoms with van der Waals surface area (Å²) in [7, 11) is 0. The average Bonchev–Trinajstić information content (AvgIpc) is 2.58. The molecular formula is C19H21NO4. The number of amides is 1. The molecule has 0 spiro atoms. The summed E-state index contributed by atoms with van der Waals surface area (Å²) < 4.78 is 10.7. The van der Waals surface area contributed by atoms with Crippen molar-refractivity contribution in [2.24, 2.45) is 0 Å². The first kappa shape index (κ1) is 17.5. The molecule has 0 aromatic heterocycles. The Balaban J connectivity index is 1.73. The van der Waals surface area contributed by atoms with Gasteiger partial charge in [0, 0.05) is 13.5 Å². The molecule has 2 aromatic rings. The van der Waals surface area contributed by atoms with Gasteiger partial charge < -0.3 is 14.8 Å². The Morgan fingerprint density at radius 2 is 1.62 bits per heavy atom. The first-order valence-electron chi connectivity index (χ1n) is 7.74. The van der Waals surface area contributed by atoms with Gasteiger partial charge in [0.2, 0.25) is 5.91 Å². The van der Waals surface area contributed by atoms with Gasteiger partial charge in [-0.2, -0.15) is 0 Å². The molecule has 0 bridgehead atoms. The van der Waals surface area contributed by atoms with E-state index in [0.29, 0.717) is 18.7 Å². The lowest BCUT2D eigenvalue weighted by Crippen LogP contribution is -2.19. The number of aryl methyl sites for hydroxylation is 1. The Morgan fingerprint density at radius 3 is 2.25 bits per heavy atom. The average molecular weight is 327 g/mol. The van der Waals surface area contributed by atoms with Crippen LogP contribution in [0, 0.1) is 6.92 Å². The van der Waals surface area contributed by atoms with Crippen LogP contribution in [-0.2, 0) is 16.1 Å². The molecule has 1 amide bonds. The quantitative estimate of drug-likeness (QED) is 0.627. The standard InChI is InChI=1S/C19H21NO4/c1-14-3-9-18(10-4-14)23-11-12-24-19(22)17-7-5-16(6-8-17)13-20-15(2)21/h3-10H,11-13H2,1-2H3,(H,20,21). The smallest absolute Gasteiger partial charge is 0.338 e. The molecule has 2 aromatic carbocycles. The minimum Gasteiger partial charge on any atom is -0.490 e. The molecule has 0 aliphatic carbocycles. The van der Waals surface area contributed by atoms with E-state index in [1.165, 1.54) is 6.92 Å². The second-order valence-electron chi connectivity index (χ2n) is 5.40. The summed E-state index contributed by atoms with van der Waals surface area (Å²) >= 11 is 0. The SMILES string of the molecule is CC(=O)NCc1ccc(C(=O)OCCOc2ccc(C)cc2)cc1. The molecule has 5 heteroatoms. The Labute approximate surface area is 141 Å². The maximum absolute atomic E-state index is 11.9. The molecule has 0 heterocycles. The summed E-state index contributed by atoms with van der Waals surface area (Å²) in [5, 5.41) is 2.70. The zero-order valence-corrected chi connectivity index (χ0v) is 13.9. The van der Waals surface area contributed by atoms with Gasteiger partial charge in [-0.3, -0.25) is 4.79 Å². The van der Waals surface area contributed by atoms with Crippen molar-refractivity contribution in [3.8, 4) is 5.75 Å². The number of ether oxygens (including phenoxy) is 2. The van der Waals surface area contributed by atoms with Gasteiger partial charge in [-0.1, -0.05) is 29.8 Å². The van der Waals surface area contributed by atoms with Crippen molar-refractivity contribution in [1.29, 1.82) is 0 Å². The van der Waals surface area contributed by atoms with Gasteiger partial charge in [-0.15, -0.1) is 0 Å². The van der Waals surface area contributed by atoms with E-state index in [2.05, 4.69) is 5.32 Å². The Hall–Kier alpha value is -2.82. The van der Waals surface area contributed by atoms with Crippen LogP contribution in [0.1, 0.15) is 28.4 Å². The highest BCUT2D eigenvalue weighted by molar-refractivity contribution is 5.89. The Kier molecular flexibility index (Phi) is 6.37. The molecule has 5 nitrogen and oxygen atoms in total. The predicted octanol–water partition coefficient (Wildman–Crippen LogP) is 2.87. The third-order valence-corrected chi connectivity index (χ3v) is 3.34. The molecular weight excluding hydrogens is 306 g/mol. The number of carbonyl (C=O) groups is 2. The lowest BCUT2D eigenvalue weighted by molar-refractivity contribution is -0.119. The van der Waals surface area contributed by atoms with Crippen LogP contribution in [0.25, 0.3) is 0 Å². The van der Waals surface area contributed by atoms with Crippen molar-refractivity contribution in [1.82, 2.24) is 5.32 Å². The van der Waals surface area contributed by atoms with E-state index in [-0.39, 0.29) is 12.5 Å². The second kappa shape index (κ2) is 8.72. The summed E-state index contributed by atoms with van der Waals surface area (Å²) in [6, 6.07) is 14.6. The van der Waals surface area contributed by atoms with Crippen molar-refractivity contribution in [3.63, 3.8) is 0 Å². The molecule has 0 unspecified atom stereocenters. The molecule has 1 N–H and O–H groups in total. The molecule has 0 aliphatic rings. The highest BCUT2D eigenvalue weighted by atomic mass is 16.6. The van der Waals surface area contributed by atoms with Gasteiger partial charge >= 0.3 is 5.97 Å². The predicted molar refractivity (Wildman–Crippen MR) is 90.9 cm³/mol. The monoisotopic (exact) mass is 327 g/mol. The maximum Gasteiger partial charge on any atom is 0.338 e. The fourth-order valence-corrected chi connectivity index (χ4v) is 2.00. The van der Waals surface area contributed by atoms with Crippen LogP contribution >= 0.6 is 0 Å². The third kappa shape index (κ3) is 5.76. The normalized spacial score (nSPS) is 10.1. The lowest BCUT2D eigenvalue weighted by atomic mass is 10.1. The van der Waals surface area contributed by atoms with Crippen molar-refractivity contribution in [2.45, 2.75) is 20.4 Å². The third-order valence-electron chi connectivity index (χ3n) is 3.34. The van der Waals surface area contributed by atoms with Gasteiger partial charge in [0.05, 0.1) is 5.56 Å². The molecule has 2 rings (SSSR count). The Morgan fingerprint density at radius 1 is 0.958 bits per heavy atom. The van der Waals surface area contributed by atoms with Gasteiger partial charge in [0.1, 0.15) is 19.0 Å². The van der Waals surface area contributed by atoms with Crippen molar-refractivity contribution >= 4 is 11.9 Å². The first-order chi connectivity index (χ1) is 11.5. The molecule has 0 atom stereocenters. The van der Waals surface area contributed by atoms with Crippen LogP contribution in [0.4, 0.5) is 0 Å². The van der Waals surface area contributed by atoms with Crippen LogP contribution < -0.4 is 10.1 Å². The molecule has 0 radical (unpaired) electrons. The highest BCUT2D eigenvalue weighted by Crippen LogP contribution is 2.11. The summed E-state index contributed by atoms with van der Waals surface area (Å²) in [6.45, 7) is 4.39. The first-order valence-corrected chi connectivity index (χ1v) is 7.74. The van der Waals surface area contributed by atoms with Crippen LogP contribution in [0.15, 0.2) is 48.5 Å². The number of rotatable bonds is 7. The number of benzene rings is 2. The molecule has 0 aliphatic heterocycles. The zero-order valence-electron chi connectivity index (χ0n) is 13.9. The Bertz CT molecular complexity index is 678. The molecule has 24 heavy (non-hydrogen) atoms. The minimum atomic E-state index is -0.395. The topological polar surface area (TPSA) is 64.6 Å². The largest absolute Gasteiger partial charge is 0.490 e. The summed E-state index contributed by atoms with van der Waals surface area (Å²) in [5.41, 5.74) is 2.55. The molecule has 0 fully saturated rings. The van der Waals surface area contributed by atoms with Crippen LogP contribution in [-0.4, -0.2) is 25.1 Å². The van der Waals surface area contributed by atoms with Crippen molar-refractivity contribution < 1.29 is 19.1 Å². The zero-order chi connectivity index (χ0) is 17.4. The van der Waals surface area contributed by atoms with Crippen LogP contribution in [0.5, 0.6) is 5.75 Å². The number of nitrogens with one attached hydrogen (secondary N) is 1. The number of carbonyl (C=O) groups excluding carboxylic acids is 2. The van der Waals surface area contributed by atoms with Crippen LogP contribution in [0.3, 0.4) is 0 Å². The lowest BCUT2D eigenvalue weighted by Gasteiger charge is -2.08. The second-order valence-corrected chi connectivity index (χ2v) is 5.40. The number of esters is 1. The summed E-state index contributed by atoms with van der Waals surface area (Å²) in [4.78, 5) is 22.8. The maximum atomic E-state index is 11.9. The van der Waals surface area contributed by atoms with E-state index in [1.807, 2.05) is 31.2 Å². The fraction of sp³-hybridized carbons (Fsp3) is 0.263. The van der Waals surface area contributed by atoms with E-state index < -0.39 is 5.97 Å².